The minimum absolute atomic E-state index is 0.287. The molecule has 1 N–H and O–H groups in total. The van der Waals surface area contributed by atoms with E-state index in [1.807, 2.05) is 35.4 Å². The summed E-state index contributed by atoms with van der Waals surface area (Å²) in [5.41, 5.74) is 2.74. The first-order valence-electron chi connectivity index (χ1n) is 5.97. The molecule has 0 saturated carbocycles. The van der Waals surface area contributed by atoms with Crippen molar-refractivity contribution in [3.8, 4) is 0 Å². The summed E-state index contributed by atoms with van der Waals surface area (Å²) < 4.78 is 0. The molecule has 0 saturated heterocycles. The van der Waals surface area contributed by atoms with Crippen molar-refractivity contribution in [2.45, 2.75) is 0 Å². The Morgan fingerprint density at radius 2 is 2.11 bits per heavy atom. The van der Waals surface area contributed by atoms with Gasteiger partial charge in [-0.3, -0.25) is 4.99 Å². The Kier molecular flexibility index (Phi) is 2.76. The lowest BCUT2D eigenvalue weighted by Crippen LogP contribution is -2.29. The van der Waals surface area contributed by atoms with Crippen molar-refractivity contribution in [3.63, 3.8) is 0 Å². The average molecular weight is 252 g/mol. The molecule has 4 nitrogen and oxygen atoms in total. The molecule has 94 valence electrons. The Hall–Kier alpha value is -2.62. The molecule has 1 aromatic carbocycles. The van der Waals surface area contributed by atoms with Gasteiger partial charge in [0.2, 0.25) is 0 Å². The molecule has 4 heteroatoms. The predicted octanol–water partition coefficient (Wildman–Crippen LogP) is 2.41. The Labute approximate surface area is 110 Å². The molecule has 0 atom stereocenters. The van der Waals surface area contributed by atoms with Crippen LogP contribution in [0.15, 0.2) is 65.6 Å². The Balaban J connectivity index is 2.02. The lowest BCUT2D eigenvalue weighted by Gasteiger charge is -2.27. The summed E-state index contributed by atoms with van der Waals surface area (Å²) in [6, 6.07) is 6.95. The first kappa shape index (κ1) is 11.5. The van der Waals surface area contributed by atoms with Gasteiger partial charge in [0.25, 0.3) is 0 Å². The summed E-state index contributed by atoms with van der Waals surface area (Å²) >= 11 is 0. The highest BCUT2D eigenvalue weighted by atomic mass is 16.4. The zero-order chi connectivity index (χ0) is 13.2. The van der Waals surface area contributed by atoms with Crippen LogP contribution in [0, 0.1) is 0 Å². The average Bonchev–Trinajstić information content (AvgIpc) is 2.46. The van der Waals surface area contributed by atoms with Gasteiger partial charge in [-0.2, -0.15) is 0 Å². The van der Waals surface area contributed by atoms with Gasteiger partial charge in [0.1, 0.15) is 0 Å². The number of nitrogens with zero attached hydrogens (tertiary/aromatic N) is 2. The van der Waals surface area contributed by atoms with E-state index in [-0.39, 0.29) is 5.56 Å². The summed E-state index contributed by atoms with van der Waals surface area (Å²) in [6.45, 7) is 0.580. The molecular weight excluding hydrogens is 240 g/mol. The molecule has 0 unspecified atom stereocenters. The molecule has 0 bridgehead atoms. The highest BCUT2D eigenvalue weighted by molar-refractivity contribution is 6.10. The van der Waals surface area contributed by atoms with Crippen LogP contribution in [0.5, 0.6) is 0 Å². The van der Waals surface area contributed by atoms with Crippen molar-refractivity contribution < 1.29 is 9.90 Å². The van der Waals surface area contributed by atoms with Crippen molar-refractivity contribution in [1.82, 2.24) is 4.90 Å². The molecule has 0 spiro atoms. The van der Waals surface area contributed by atoms with Crippen LogP contribution >= 0.6 is 0 Å². The third-order valence-electron chi connectivity index (χ3n) is 3.12. The quantitative estimate of drug-likeness (QED) is 0.879. The minimum Gasteiger partial charge on any atom is -0.478 e. The maximum Gasteiger partial charge on any atom is 0.336 e. The maximum absolute atomic E-state index is 11.2. The number of aliphatic imine (C=N–C) groups is 1. The third-order valence-corrected chi connectivity index (χ3v) is 3.12. The third kappa shape index (κ3) is 2.08. The van der Waals surface area contributed by atoms with Crippen molar-refractivity contribution in [2.24, 2.45) is 4.99 Å². The Morgan fingerprint density at radius 1 is 1.26 bits per heavy atom. The number of benzene rings is 1. The number of carboxylic acids is 1. The number of fused-ring (bicyclic) bond motifs is 1. The van der Waals surface area contributed by atoms with E-state index in [0.717, 1.165) is 11.4 Å². The van der Waals surface area contributed by atoms with E-state index in [1.165, 1.54) is 0 Å². The number of carboxylic acid groups (broad SMARTS) is 1. The molecule has 19 heavy (non-hydrogen) atoms. The normalized spacial score (nSPS) is 16.7. The van der Waals surface area contributed by atoms with Gasteiger partial charge in [0.05, 0.1) is 29.7 Å². The lowest BCUT2D eigenvalue weighted by molar-refractivity contribution is 0.0696. The Morgan fingerprint density at radius 3 is 2.95 bits per heavy atom. The van der Waals surface area contributed by atoms with E-state index in [0.29, 0.717) is 12.1 Å². The molecule has 2 aliphatic rings. The van der Waals surface area contributed by atoms with Crippen LogP contribution in [0.25, 0.3) is 0 Å². The summed E-state index contributed by atoms with van der Waals surface area (Å²) in [7, 11) is 0. The molecule has 0 aromatic heterocycles. The zero-order valence-electron chi connectivity index (χ0n) is 10.2. The summed E-state index contributed by atoms with van der Waals surface area (Å²) in [6.07, 6.45) is 9.60. The fraction of sp³-hybridized carbons (Fsp3) is 0.0667. The maximum atomic E-state index is 11.2. The van der Waals surface area contributed by atoms with E-state index < -0.39 is 5.97 Å². The number of allylic oxidation sites excluding steroid dienone is 3. The predicted molar refractivity (Wildman–Crippen MR) is 73.0 cm³/mol. The van der Waals surface area contributed by atoms with Gasteiger partial charge in [-0.25, -0.2) is 4.79 Å². The lowest BCUT2D eigenvalue weighted by atomic mass is 10.0. The van der Waals surface area contributed by atoms with Gasteiger partial charge in [-0.1, -0.05) is 24.3 Å². The fourth-order valence-corrected chi connectivity index (χ4v) is 2.17. The van der Waals surface area contributed by atoms with Crippen LogP contribution in [0.2, 0.25) is 0 Å². The van der Waals surface area contributed by atoms with Crippen molar-refractivity contribution in [3.05, 3.63) is 71.7 Å². The van der Waals surface area contributed by atoms with Gasteiger partial charge in [0, 0.05) is 11.8 Å². The topological polar surface area (TPSA) is 52.9 Å². The number of rotatable bonds is 2. The number of carbonyl (C=O) groups is 1. The molecule has 0 fully saturated rings. The monoisotopic (exact) mass is 252 g/mol. The highest BCUT2D eigenvalue weighted by Gasteiger charge is 2.19. The second-order valence-corrected chi connectivity index (χ2v) is 4.31. The van der Waals surface area contributed by atoms with Crippen molar-refractivity contribution in [1.29, 1.82) is 0 Å². The SMILES string of the molecule is O=C(O)c1ccccc1C1=NC=C2C=CC=CN2C1. The highest BCUT2D eigenvalue weighted by Crippen LogP contribution is 2.20. The summed E-state index contributed by atoms with van der Waals surface area (Å²) in [5, 5.41) is 9.22. The first-order valence-corrected chi connectivity index (χ1v) is 5.97. The largest absolute Gasteiger partial charge is 0.478 e. The van der Waals surface area contributed by atoms with Crippen LogP contribution in [-0.4, -0.2) is 28.2 Å². The van der Waals surface area contributed by atoms with Crippen molar-refractivity contribution in [2.75, 3.05) is 6.54 Å². The van der Waals surface area contributed by atoms with E-state index >= 15 is 0 Å². The molecule has 0 aliphatic carbocycles. The van der Waals surface area contributed by atoms with Gasteiger partial charge >= 0.3 is 5.97 Å². The number of hydrogen-bond acceptors (Lipinski definition) is 3. The van der Waals surface area contributed by atoms with Crippen LogP contribution in [-0.2, 0) is 0 Å². The second-order valence-electron chi connectivity index (χ2n) is 4.31. The van der Waals surface area contributed by atoms with Crippen LogP contribution in [0.3, 0.4) is 0 Å². The van der Waals surface area contributed by atoms with E-state index in [9.17, 15) is 9.90 Å². The summed E-state index contributed by atoms with van der Waals surface area (Å²) in [5.74, 6) is -0.929. The smallest absolute Gasteiger partial charge is 0.336 e. The van der Waals surface area contributed by atoms with E-state index in [1.54, 1.807) is 24.4 Å². The Bertz CT molecular complexity index is 654. The number of aromatic carboxylic acids is 1. The molecule has 0 amide bonds. The van der Waals surface area contributed by atoms with Crippen molar-refractivity contribution >= 4 is 11.7 Å². The molecule has 1 aromatic rings. The standard InChI is InChI=1S/C15H12N2O2/c18-15(19)13-7-2-1-6-12(13)14-10-17-8-4-3-5-11(17)9-16-14/h1-9H,10H2,(H,18,19). The minimum atomic E-state index is -0.929. The van der Waals surface area contributed by atoms with Crippen LogP contribution in [0.1, 0.15) is 15.9 Å². The molecule has 0 radical (unpaired) electrons. The second kappa shape index (κ2) is 4.57. The molecule has 3 rings (SSSR count). The zero-order valence-corrected chi connectivity index (χ0v) is 10.2. The number of hydrogen-bond donors (Lipinski definition) is 1. The van der Waals surface area contributed by atoms with Gasteiger partial charge in [-0.15, -0.1) is 0 Å². The molecule has 2 heterocycles. The van der Waals surface area contributed by atoms with Crippen LogP contribution < -0.4 is 0 Å². The first-order chi connectivity index (χ1) is 9.25. The van der Waals surface area contributed by atoms with Crippen LogP contribution in [0.4, 0.5) is 0 Å². The molecular formula is C15H12N2O2. The van der Waals surface area contributed by atoms with E-state index in [4.69, 9.17) is 0 Å². The van der Waals surface area contributed by atoms with E-state index in [2.05, 4.69) is 4.99 Å². The fourth-order valence-electron chi connectivity index (χ4n) is 2.17. The van der Waals surface area contributed by atoms with Gasteiger partial charge in [-0.05, 0) is 18.2 Å². The molecule has 2 aliphatic heterocycles. The van der Waals surface area contributed by atoms with Gasteiger partial charge in [0.15, 0.2) is 0 Å². The summed E-state index contributed by atoms with van der Waals surface area (Å²) in [4.78, 5) is 17.7. The van der Waals surface area contributed by atoms with Gasteiger partial charge < -0.3 is 10.0 Å².